The molecule has 4 rings (SSSR count). The van der Waals surface area contributed by atoms with Crippen molar-refractivity contribution >= 4 is 21.8 Å². The summed E-state index contributed by atoms with van der Waals surface area (Å²) in [5.74, 6) is -1.12. The third-order valence-electron chi connectivity index (χ3n) is 7.81. The first-order valence-electron chi connectivity index (χ1n) is 15.0. The zero-order valence-electron chi connectivity index (χ0n) is 25.3. The summed E-state index contributed by atoms with van der Waals surface area (Å²) in [6.07, 6.45) is 3.04. The molecule has 2 aliphatic rings. The molecule has 0 bridgehead atoms. The number of hydrogen-bond donors (Lipinski definition) is 3. The van der Waals surface area contributed by atoms with Crippen LogP contribution in [0.4, 0.5) is 8.78 Å². The third-order valence-corrected chi connectivity index (χ3v) is 9.72. The molecule has 2 saturated heterocycles. The molecule has 240 valence electrons. The zero-order valence-corrected chi connectivity index (χ0v) is 26.1. The first kappa shape index (κ1) is 33.4. The van der Waals surface area contributed by atoms with Gasteiger partial charge >= 0.3 is 0 Å². The van der Waals surface area contributed by atoms with E-state index in [4.69, 9.17) is 4.74 Å². The van der Waals surface area contributed by atoms with E-state index < -0.39 is 46.4 Å². The van der Waals surface area contributed by atoms with E-state index >= 15 is 0 Å². The highest BCUT2D eigenvalue weighted by Crippen LogP contribution is 2.27. The maximum atomic E-state index is 13.9. The SMILES string of the molecule is C=C1CC(NC(=O)[C@H](Cc2ccc(OCCCF)cc2)NC(=O)[C@@H]2CCCCN2S(=O)(=O)c2cccc(F)c2)CC(C)(C)N1. The summed E-state index contributed by atoms with van der Waals surface area (Å²) in [4.78, 5) is 27.3. The molecule has 9 nitrogen and oxygen atoms in total. The lowest BCUT2D eigenvalue weighted by molar-refractivity contribution is -0.132. The Balaban J connectivity index is 1.55. The average molecular weight is 633 g/mol. The molecule has 2 amide bonds. The van der Waals surface area contributed by atoms with Gasteiger partial charge in [-0.3, -0.25) is 14.0 Å². The first-order valence-corrected chi connectivity index (χ1v) is 16.4. The third kappa shape index (κ3) is 8.78. The van der Waals surface area contributed by atoms with Crippen molar-refractivity contribution in [2.75, 3.05) is 19.8 Å². The summed E-state index contributed by atoms with van der Waals surface area (Å²) in [5, 5.41) is 9.23. The molecule has 3 N–H and O–H groups in total. The lowest BCUT2D eigenvalue weighted by atomic mass is 9.87. The number of nitrogens with zero attached hydrogens (tertiary/aromatic N) is 1. The second-order valence-electron chi connectivity index (χ2n) is 12.1. The maximum Gasteiger partial charge on any atom is 0.243 e. The fraction of sp³-hybridized carbons (Fsp3) is 0.500. The van der Waals surface area contributed by atoms with Crippen molar-refractivity contribution in [2.45, 2.75) is 87.4 Å². The van der Waals surface area contributed by atoms with Crippen LogP contribution in [-0.4, -0.2) is 68.0 Å². The van der Waals surface area contributed by atoms with E-state index in [-0.39, 0.29) is 48.9 Å². The standard InChI is InChI=1S/C32H42F2N4O5S/c1-22-18-25(21-32(2,3)37-22)35-30(39)28(19-23-11-13-26(14-12-23)43-17-7-15-33)36-31(40)29-10-4-5-16-38(29)44(41,42)27-9-6-8-24(34)20-27/h6,8-9,11-14,20,25,28-29,37H,1,4-5,7,10,15-19,21H2,2-3H3,(H,35,39)(H,36,40)/t25?,28-,29-/m0/s1. The number of carbonyl (C=O) groups excluding carboxylic acids is 2. The Labute approximate surface area is 258 Å². The summed E-state index contributed by atoms with van der Waals surface area (Å²) in [6, 6.07) is 9.42. The van der Waals surface area contributed by atoms with Crippen LogP contribution in [0.3, 0.4) is 0 Å². The van der Waals surface area contributed by atoms with Gasteiger partial charge in [0.05, 0.1) is 18.2 Å². The minimum absolute atomic E-state index is 0.101. The van der Waals surface area contributed by atoms with Gasteiger partial charge in [0, 0.05) is 43.1 Å². The molecular weight excluding hydrogens is 590 g/mol. The van der Waals surface area contributed by atoms with E-state index in [1.807, 2.05) is 13.8 Å². The molecule has 44 heavy (non-hydrogen) atoms. The van der Waals surface area contributed by atoms with Crippen LogP contribution in [0.15, 0.2) is 65.7 Å². The fourth-order valence-corrected chi connectivity index (χ4v) is 7.56. The van der Waals surface area contributed by atoms with Gasteiger partial charge in [-0.05, 0) is 69.0 Å². The molecular formula is C32H42F2N4O5S. The molecule has 3 atom stereocenters. The number of ether oxygens (including phenoxy) is 1. The van der Waals surface area contributed by atoms with Crippen molar-refractivity contribution in [2.24, 2.45) is 0 Å². The number of halogens is 2. The Morgan fingerprint density at radius 3 is 2.61 bits per heavy atom. The van der Waals surface area contributed by atoms with Gasteiger partial charge in [-0.15, -0.1) is 0 Å². The normalized spacial score (nSPS) is 21.1. The average Bonchev–Trinajstić information content (AvgIpc) is 2.96. The monoisotopic (exact) mass is 632 g/mol. The van der Waals surface area contributed by atoms with Crippen LogP contribution in [-0.2, 0) is 26.0 Å². The Hall–Kier alpha value is -3.51. The van der Waals surface area contributed by atoms with Crippen molar-refractivity contribution in [1.29, 1.82) is 0 Å². The predicted octanol–water partition coefficient (Wildman–Crippen LogP) is 4.00. The number of nitrogens with one attached hydrogen (secondary N) is 3. The van der Waals surface area contributed by atoms with Crippen molar-refractivity contribution in [3.05, 3.63) is 72.2 Å². The van der Waals surface area contributed by atoms with Crippen LogP contribution >= 0.6 is 0 Å². The van der Waals surface area contributed by atoms with Crippen molar-refractivity contribution in [3.8, 4) is 5.75 Å². The summed E-state index contributed by atoms with van der Waals surface area (Å²) in [6.45, 7) is 7.94. The predicted molar refractivity (Wildman–Crippen MR) is 164 cm³/mol. The Bertz CT molecular complexity index is 1430. The largest absolute Gasteiger partial charge is 0.494 e. The minimum atomic E-state index is -4.17. The fourth-order valence-electron chi connectivity index (χ4n) is 5.87. The van der Waals surface area contributed by atoms with Gasteiger partial charge in [0.15, 0.2) is 0 Å². The van der Waals surface area contributed by atoms with Crippen LogP contribution in [0.2, 0.25) is 0 Å². The molecule has 2 aliphatic heterocycles. The molecule has 0 saturated carbocycles. The molecule has 12 heteroatoms. The lowest BCUT2D eigenvalue weighted by Gasteiger charge is -2.39. The van der Waals surface area contributed by atoms with E-state index in [2.05, 4.69) is 22.5 Å². The number of rotatable bonds is 12. The molecule has 0 aliphatic carbocycles. The topological polar surface area (TPSA) is 117 Å². The van der Waals surface area contributed by atoms with E-state index in [1.54, 1.807) is 24.3 Å². The lowest BCUT2D eigenvalue weighted by Crippen LogP contribution is -2.59. The minimum Gasteiger partial charge on any atom is -0.494 e. The molecule has 2 aromatic rings. The van der Waals surface area contributed by atoms with Crippen molar-refractivity contribution in [3.63, 3.8) is 0 Å². The van der Waals surface area contributed by atoms with Crippen molar-refractivity contribution in [1.82, 2.24) is 20.3 Å². The molecule has 2 heterocycles. The summed E-state index contributed by atoms with van der Waals surface area (Å²) >= 11 is 0. The number of sulfonamides is 1. The van der Waals surface area contributed by atoms with Gasteiger partial charge < -0.3 is 20.7 Å². The maximum absolute atomic E-state index is 13.9. The van der Waals surface area contributed by atoms with Gasteiger partial charge in [-0.25, -0.2) is 12.8 Å². The van der Waals surface area contributed by atoms with Gasteiger partial charge in [-0.2, -0.15) is 4.31 Å². The highest BCUT2D eigenvalue weighted by Gasteiger charge is 2.39. The molecule has 2 fully saturated rings. The first-order chi connectivity index (χ1) is 20.9. The number of benzene rings is 2. The van der Waals surface area contributed by atoms with E-state index in [1.165, 1.54) is 12.1 Å². The summed E-state index contributed by atoms with van der Waals surface area (Å²) < 4.78 is 60.0. The quantitative estimate of drug-likeness (QED) is 0.305. The van der Waals surface area contributed by atoms with Crippen LogP contribution in [0.1, 0.15) is 57.9 Å². The van der Waals surface area contributed by atoms with Crippen LogP contribution in [0, 0.1) is 5.82 Å². The second-order valence-corrected chi connectivity index (χ2v) is 14.0. The number of amides is 2. The Morgan fingerprint density at radius 1 is 1.18 bits per heavy atom. The van der Waals surface area contributed by atoms with E-state index in [0.29, 0.717) is 31.4 Å². The molecule has 0 spiro atoms. The van der Waals surface area contributed by atoms with Gasteiger partial charge in [0.1, 0.15) is 23.7 Å². The van der Waals surface area contributed by atoms with E-state index in [9.17, 15) is 26.8 Å². The van der Waals surface area contributed by atoms with Crippen LogP contribution in [0.5, 0.6) is 5.75 Å². The summed E-state index contributed by atoms with van der Waals surface area (Å²) in [7, 11) is -4.17. The van der Waals surface area contributed by atoms with E-state index in [0.717, 1.165) is 27.7 Å². The number of alkyl halides is 1. The highest BCUT2D eigenvalue weighted by molar-refractivity contribution is 7.89. The Kier molecular flexibility index (Phi) is 11.0. The smallest absolute Gasteiger partial charge is 0.243 e. The van der Waals surface area contributed by atoms with Crippen LogP contribution in [0.25, 0.3) is 0 Å². The van der Waals surface area contributed by atoms with Gasteiger partial charge in [-0.1, -0.05) is 31.2 Å². The number of piperidine rings is 2. The highest BCUT2D eigenvalue weighted by atomic mass is 32.2. The molecule has 2 aromatic carbocycles. The number of carbonyl (C=O) groups is 2. The van der Waals surface area contributed by atoms with Gasteiger partial charge in [0.25, 0.3) is 0 Å². The van der Waals surface area contributed by atoms with Gasteiger partial charge in [0.2, 0.25) is 21.8 Å². The van der Waals surface area contributed by atoms with Crippen molar-refractivity contribution < 1.29 is 31.5 Å². The molecule has 0 aromatic heterocycles. The zero-order chi connectivity index (χ0) is 31.9. The molecule has 0 radical (unpaired) electrons. The number of hydrogen-bond acceptors (Lipinski definition) is 6. The second kappa shape index (κ2) is 14.5. The summed E-state index contributed by atoms with van der Waals surface area (Å²) in [5.41, 5.74) is 1.26. The Morgan fingerprint density at radius 2 is 1.93 bits per heavy atom. The van der Waals surface area contributed by atoms with Crippen LogP contribution < -0.4 is 20.7 Å². The molecule has 1 unspecified atom stereocenters.